The van der Waals surface area contributed by atoms with Crippen molar-refractivity contribution in [2.24, 2.45) is 0 Å². The van der Waals surface area contributed by atoms with Crippen LogP contribution in [0.25, 0.3) is 72.3 Å². The summed E-state index contributed by atoms with van der Waals surface area (Å²) in [4.78, 5) is 10.1. The van der Waals surface area contributed by atoms with E-state index in [9.17, 15) is 0 Å². The molecule has 0 unspecified atom stereocenters. The third-order valence-electron chi connectivity index (χ3n) is 7.52. The summed E-state index contributed by atoms with van der Waals surface area (Å²) in [5.41, 5.74) is 7.54. The number of furan rings is 1. The van der Waals surface area contributed by atoms with Crippen LogP contribution in [0.1, 0.15) is 11.1 Å². The van der Waals surface area contributed by atoms with Gasteiger partial charge in [0.05, 0.1) is 22.6 Å². The molecule has 0 radical (unpaired) electrons. The summed E-state index contributed by atoms with van der Waals surface area (Å²) in [5.74, 6) is 0.635. The third kappa shape index (κ3) is 3.20. The smallest absolute Gasteiger partial charge is 0.160 e. The molecule has 2 N–H and O–H groups in total. The zero-order valence-electron chi connectivity index (χ0n) is 20.7. The number of fused-ring (bicyclic) bond motifs is 7. The SMILES string of the molecule is N=C1C=Cc2ccc3cc(-c4nc(-c5cccc6oc7ccccc7c56)c5ccccc5n4)ccc3c2C1=N. The summed E-state index contributed by atoms with van der Waals surface area (Å²) in [5, 5.41) is 21.6. The van der Waals surface area contributed by atoms with Crippen LogP contribution < -0.4 is 0 Å². The Morgan fingerprint density at radius 3 is 2.38 bits per heavy atom. The molecule has 0 saturated carbocycles. The van der Waals surface area contributed by atoms with Crippen molar-refractivity contribution in [2.45, 2.75) is 0 Å². The van der Waals surface area contributed by atoms with Gasteiger partial charge in [0.25, 0.3) is 0 Å². The van der Waals surface area contributed by atoms with Crippen molar-refractivity contribution >= 4 is 61.1 Å². The van der Waals surface area contributed by atoms with Crippen LogP contribution >= 0.6 is 0 Å². The Balaban J connectivity index is 1.38. The van der Waals surface area contributed by atoms with Crippen LogP contribution in [0.4, 0.5) is 0 Å². The molecule has 1 aliphatic carbocycles. The first kappa shape index (κ1) is 21.6. The van der Waals surface area contributed by atoms with Crippen LogP contribution in [0.2, 0.25) is 0 Å². The topological polar surface area (TPSA) is 86.6 Å². The van der Waals surface area contributed by atoms with Gasteiger partial charge in [0.15, 0.2) is 5.82 Å². The highest BCUT2D eigenvalue weighted by molar-refractivity contribution is 6.53. The summed E-state index contributed by atoms with van der Waals surface area (Å²) in [7, 11) is 0. The second kappa shape index (κ2) is 8.04. The summed E-state index contributed by atoms with van der Waals surface area (Å²) >= 11 is 0. The quantitative estimate of drug-likeness (QED) is 0.250. The van der Waals surface area contributed by atoms with E-state index in [0.717, 1.165) is 71.6 Å². The second-order valence-corrected chi connectivity index (χ2v) is 9.78. The second-order valence-electron chi connectivity index (χ2n) is 9.78. The molecule has 1 aliphatic rings. The van der Waals surface area contributed by atoms with Gasteiger partial charge in [-0.2, -0.15) is 0 Å². The number of hydrogen-bond acceptors (Lipinski definition) is 5. The Morgan fingerprint density at radius 1 is 0.641 bits per heavy atom. The van der Waals surface area contributed by atoms with Crippen LogP contribution in [-0.4, -0.2) is 21.4 Å². The molecule has 7 aromatic rings. The van der Waals surface area contributed by atoms with Gasteiger partial charge in [-0.05, 0) is 46.7 Å². The van der Waals surface area contributed by atoms with Crippen molar-refractivity contribution in [1.82, 2.24) is 9.97 Å². The van der Waals surface area contributed by atoms with Crippen LogP contribution in [0.15, 0.2) is 108 Å². The number of para-hydroxylation sites is 2. The van der Waals surface area contributed by atoms with E-state index in [1.54, 1.807) is 6.08 Å². The van der Waals surface area contributed by atoms with Gasteiger partial charge in [-0.3, -0.25) is 10.8 Å². The zero-order chi connectivity index (χ0) is 26.1. The molecule has 5 heteroatoms. The van der Waals surface area contributed by atoms with E-state index in [4.69, 9.17) is 25.2 Å². The van der Waals surface area contributed by atoms with Gasteiger partial charge < -0.3 is 4.42 Å². The molecule has 39 heavy (non-hydrogen) atoms. The molecule has 0 bridgehead atoms. The molecule has 0 spiro atoms. The van der Waals surface area contributed by atoms with Gasteiger partial charge in [-0.15, -0.1) is 0 Å². The average Bonchev–Trinajstić information content (AvgIpc) is 3.37. The maximum absolute atomic E-state index is 8.49. The minimum absolute atomic E-state index is 0.225. The van der Waals surface area contributed by atoms with Gasteiger partial charge in [0, 0.05) is 32.8 Å². The molecule has 5 aromatic carbocycles. The number of benzene rings is 5. The van der Waals surface area contributed by atoms with E-state index in [2.05, 4.69) is 30.3 Å². The van der Waals surface area contributed by atoms with E-state index in [0.29, 0.717) is 5.82 Å². The maximum atomic E-state index is 8.49. The standard InChI is InChI=1S/C34H20N4O/c35-26-17-15-19-12-13-20-18-21(14-16-22(20)30(19)32(26)36)34-37-27-9-3-1-6-23(27)33(38-34)25-8-5-11-29-31(25)24-7-2-4-10-28(24)39-29/h1-18,35-36H. The Labute approximate surface area is 223 Å². The Kier molecular flexibility index (Phi) is 4.46. The number of nitrogens with one attached hydrogen (secondary N) is 2. The van der Waals surface area contributed by atoms with Crippen molar-refractivity contribution in [3.63, 3.8) is 0 Å². The molecule has 2 aromatic heterocycles. The van der Waals surface area contributed by atoms with Crippen molar-refractivity contribution in [3.8, 4) is 22.6 Å². The molecule has 0 amide bonds. The van der Waals surface area contributed by atoms with Crippen LogP contribution in [0.3, 0.4) is 0 Å². The van der Waals surface area contributed by atoms with Crippen molar-refractivity contribution < 1.29 is 4.42 Å². The summed E-state index contributed by atoms with van der Waals surface area (Å²) in [6.45, 7) is 0. The van der Waals surface area contributed by atoms with Crippen molar-refractivity contribution in [3.05, 3.63) is 114 Å². The lowest BCUT2D eigenvalue weighted by Gasteiger charge is -2.16. The fourth-order valence-corrected chi connectivity index (χ4v) is 5.68. The first-order valence-electron chi connectivity index (χ1n) is 12.8. The van der Waals surface area contributed by atoms with Gasteiger partial charge in [-0.25, -0.2) is 9.97 Å². The van der Waals surface area contributed by atoms with Gasteiger partial charge in [0.2, 0.25) is 0 Å². The van der Waals surface area contributed by atoms with Gasteiger partial charge >= 0.3 is 0 Å². The van der Waals surface area contributed by atoms with Crippen LogP contribution in [0, 0.1) is 10.8 Å². The van der Waals surface area contributed by atoms with Crippen LogP contribution in [-0.2, 0) is 0 Å². The average molecular weight is 501 g/mol. The molecule has 8 rings (SSSR count). The molecule has 0 saturated heterocycles. The Morgan fingerprint density at radius 2 is 1.46 bits per heavy atom. The Hall–Kier alpha value is -5.42. The minimum atomic E-state index is 0.225. The lowest BCUT2D eigenvalue weighted by Crippen LogP contribution is -2.16. The summed E-state index contributed by atoms with van der Waals surface area (Å²) < 4.78 is 6.17. The Bertz CT molecular complexity index is 2220. The lowest BCUT2D eigenvalue weighted by atomic mass is 9.89. The predicted octanol–water partition coefficient (Wildman–Crippen LogP) is 8.43. The van der Waals surface area contributed by atoms with E-state index in [1.807, 2.05) is 72.8 Å². The highest BCUT2D eigenvalue weighted by atomic mass is 16.3. The zero-order valence-corrected chi connectivity index (χ0v) is 20.7. The first-order chi connectivity index (χ1) is 19.2. The number of aromatic nitrogens is 2. The first-order valence-corrected chi connectivity index (χ1v) is 12.8. The summed E-state index contributed by atoms with van der Waals surface area (Å²) in [6.07, 6.45) is 3.58. The third-order valence-corrected chi connectivity index (χ3v) is 7.52. The number of hydrogen-bond donors (Lipinski definition) is 2. The van der Waals surface area contributed by atoms with Crippen LogP contribution in [0.5, 0.6) is 0 Å². The highest BCUT2D eigenvalue weighted by Gasteiger charge is 2.20. The monoisotopic (exact) mass is 500 g/mol. The van der Waals surface area contributed by atoms with Gasteiger partial charge in [0.1, 0.15) is 11.2 Å². The normalized spacial score (nSPS) is 13.1. The van der Waals surface area contributed by atoms with E-state index in [-0.39, 0.29) is 11.4 Å². The maximum Gasteiger partial charge on any atom is 0.160 e. The van der Waals surface area contributed by atoms with Crippen molar-refractivity contribution in [2.75, 3.05) is 0 Å². The minimum Gasteiger partial charge on any atom is -0.456 e. The molecular weight excluding hydrogens is 480 g/mol. The lowest BCUT2D eigenvalue weighted by molar-refractivity contribution is 0.669. The molecule has 0 aliphatic heterocycles. The van der Waals surface area contributed by atoms with E-state index in [1.165, 1.54) is 0 Å². The van der Waals surface area contributed by atoms with Crippen molar-refractivity contribution in [1.29, 1.82) is 10.8 Å². The molecule has 5 nitrogen and oxygen atoms in total. The number of allylic oxidation sites excluding steroid dienone is 1. The number of nitrogens with zero attached hydrogens (tertiary/aromatic N) is 2. The number of rotatable bonds is 2. The van der Waals surface area contributed by atoms with E-state index < -0.39 is 0 Å². The highest BCUT2D eigenvalue weighted by Crippen LogP contribution is 2.39. The molecule has 182 valence electrons. The molecular formula is C34H20N4O. The van der Waals surface area contributed by atoms with E-state index >= 15 is 0 Å². The largest absolute Gasteiger partial charge is 0.456 e. The predicted molar refractivity (Wildman–Crippen MR) is 159 cm³/mol. The molecule has 0 atom stereocenters. The summed E-state index contributed by atoms with van der Waals surface area (Å²) in [6, 6.07) is 32.5. The molecule has 2 heterocycles. The fourth-order valence-electron chi connectivity index (χ4n) is 5.68. The fraction of sp³-hybridized carbons (Fsp3) is 0. The molecule has 0 fully saturated rings. The van der Waals surface area contributed by atoms with Gasteiger partial charge in [-0.1, -0.05) is 78.9 Å².